The molecule has 3 saturated heterocycles. The molecular weight excluding hydrogens is 358 g/mol. The lowest BCUT2D eigenvalue weighted by atomic mass is 9.82. The van der Waals surface area contributed by atoms with Crippen LogP contribution in [0.5, 0.6) is 0 Å². The third-order valence-corrected chi connectivity index (χ3v) is 6.51. The molecule has 1 aromatic heterocycles. The van der Waals surface area contributed by atoms with E-state index in [1.807, 2.05) is 24.3 Å². The predicted octanol–water partition coefficient (Wildman–Crippen LogP) is 1.64. The van der Waals surface area contributed by atoms with Gasteiger partial charge in [0.1, 0.15) is 0 Å². The molecule has 8 nitrogen and oxygen atoms in total. The number of carbonyl (C=O) groups excluding carboxylic acids is 2. The molecule has 1 N–H and O–H groups in total. The van der Waals surface area contributed by atoms with Gasteiger partial charge < -0.3 is 14.8 Å². The lowest BCUT2D eigenvalue weighted by molar-refractivity contribution is -0.115. The molecule has 0 radical (unpaired) electrons. The Morgan fingerprint density at radius 2 is 1.75 bits per heavy atom. The minimum Gasteiger partial charge on any atom is -0.328 e. The monoisotopic (exact) mass is 381 g/mol. The molecule has 4 heterocycles. The van der Waals surface area contributed by atoms with Gasteiger partial charge in [0.05, 0.1) is 17.6 Å². The van der Waals surface area contributed by atoms with Crippen LogP contribution in [0.25, 0.3) is 11.0 Å². The molecule has 28 heavy (non-hydrogen) atoms. The van der Waals surface area contributed by atoms with E-state index in [-0.39, 0.29) is 24.0 Å². The van der Waals surface area contributed by atoms with Crippen molar-refractivity contribution in [1.82, 2.24) is 19.8 Å². The Morgan fingerprint density at radius 3 is 2.43 bits per heavy atom. The zero-order valence-electron chi connectivity index (χ0n) is 15.8. The first kappa shape index (κ1) is 17.4. The fourth-order valence-corrected chi connectivity index (χ4v) is 5.08. The largest absolute Gasteiger partial charge is 0.330 e. The predicted molar refractivity (Wildman–Crippen MR) is 104 cm³/mol. The Morgan fingerprint density at radius 1 is 1.04 bits per heavy atom. The van der Waals surface area contributed by atoms with Crippen LogP contribution in [0.1, 0.15) is 38.1 Å². The summed E-state index contributed by atoms with van der Waals surface area (Å²) >= 11 is 0. The zero-order chi connectivity index (χ0) is 19.4. The summed E-state index contributed by atoms with van der Waals surface area (Å²) in [5, 5.41) is 2.47. The van der Waals surface area contributed by atoms with Crippen LogP contribution in [0.15, 0.2) is 29.1 Å². The first-order valence-corrected chi connectivity index (χ1v) is 9.88. The smallest absolute Gasteiger partial charge is 0.328 e. The van der Waals surface area contributed by atoms with E-state index in [2.05, 4.69) is 22.2 Å². The van der Waals surface area contributed by atoms with Crippen molar-refractivity contribution in [2.75, 3.05) is 18.5 Å². The number of amides is 3. The number of urea groups is 1. The molecule has 2 unspecified atom stereocenters. The van der Waals surface area contributed by atoms with Gasteiger partial charge in [-0.2, -0.15) is 0 Å². The van der Waals surface area contributed by atoms with E-state index in [1.165, 1.54) is 6.42 Å². The first-order valence-electron chi connectivity index (χ1n) is 9.88. The molecule has 8 heteroatoms. The number of para-hydroxylation sites is 2. The van der Waals surface area contributed by atoms with Gasteiger partial charge in [-0.1, -0.05) is 18.6 Å². The lowest BCUT2D eigenvalue weighted by Crippen LogP contribution is -2.51. The fraction of sp³-hybridized carbons (Fsp3) is 0.500. The SMILES string of the molecule is CN1C2CCCC1CC(n1c(=O)c(N3C(=O)CNC3=O)nc3ccccc31)C2. The van der Waals surface area contributed by atoms with E-state index < -0.39 is 11.9 Å². The summed E-state index contributed by atoms with van der Waals surface area (Å²) in [6, 6.07) is 7.82. The third-order valence-electron chi connectivity index (χ3n) is 6.51. The second-order valence-corrected chi connectivity index (χ2v) is 8.02. The number of fused-ring (bicyclic) bond motifs is 3. The van der Waals surface area contributed by atoms with Crippen LogP contribution in [0, 0.1) is 0 Å². The quantitative estimate of drug-likeness (QED) is 0.799. The number of nitrogens with one attached hydrogen (secondary N) is 1. The van der Waals surface area contributed by atoms with Gasteiger partial charge in [0.25, 0.3) is 11.5 Å². The minimum atomic E-state index is -0.586. The summed E-state index contributed by atoms with van der Waals surface area (Å²) in [6.45, 7) is -0.106. The van der Waals surface area contributed by atoms with Crippen molar-refractivity contribution in [3.05, 3.63) is 34.6 Å². The van der Waals surface area contributed by atoms with Gasteiger partial charge >= 0.3 is 6.03 Å². The molecule has 0 spiro atoms. The maximum atomic E-state index is 13.5. The van der Waals surface area contributed by atoms with Crippen LogP contribution in [0.4, 0.5) is 10.6 Å². The highest BCUT2D eigenvalue weighted by atomic mass is 16.2. The van der Waals surface area contributed by atoms with Crippen molar-refractivity contribution in [2.24, 2.45) is 0 Å². The Balaban J connectivity index is 1.68. The fourth-order valence-electron chi connectivity index (χ4n) is 5.08. The molecule has 5 rings (SSSR count). The molecule has 3 amide bonds. The number of hydrogen-bond donors (Lipinski definition) is 1. The van der Waals surface area contributed by atoms with E-state index in [1.54, 1.807) is 4.57 Å². The molecule has 2 atom stereocenters. The van der Waals surface area contributed by atoms with Crippen molar-refractivity contribution in [3.63, 3.8) is 0 Å². The summed E-state index contributed by atoms with van der Waals surface area (Å²) in [6.07, 6.45) is 5.29. The summed E-state index contributed by atoms with van der Waals surface area (Å²) in [4.78, 5) is 45.6. The standard InChI is InChI=1S/C20H23N5O3/c1-23-12-5-4-6-13(23)10-14(9-12)24-16-8-3-2-7-15(16)22-18(19(24)27)25-17(26)11-21-20(25)28/h2-3,7-8,12-14H,4-6,9-11H2,1H3,(H,21,28). The normalized spacial score (nSPS) is 28.0. The molecule has 2 bridgehead atoms. The highest BCUT2D eigenvalue weighted by molar-refractivity contribution is 6.19. The molecular formula is C20H23N5O3. The third kappa shape index (κ3) is 2.55. The second-order valence-electron chi connectivity index (χ2n) is 8.02. The molecule has 0 aliphatic carbocycles. The average molecular weight is 381 g/mol. The van der Waals surface area contributed by atoms with Crippen LogP contribution in [0.3, 0.4) is 0 Å². The maximum absolute atomic E-state index is 13.5. The van der Waals surface area contributed by atoms with Crippen LogP contribution >= 0.6 is 0 Å². The van der Waals surface area contributed by atoms with Crippen molar-refractivity contribution in [2.45, 2.75) is 50.2 Å². The number of aromatic nitrogens is 2. The lowest BCUT2D eigenvalue weighted by Gasteiger charge is -2.47. The van der Waals surface area contributed by atoms with Gasteiger partial charge in [0.2, 0.25) is 5.82 Å². The molecule has 3 aliphatic rings. The Hall–Kier alpha value is -2.74. The van der Waals surface area contributed by atoms with E-state index >= 15 is 0 Å². The van der Waals surface area contributed by atoms with Crippen LogP contribution < -0.4 is 15.8 Å². The number of rotatable bonds is 2. The zero-order valence-corrected chi connectivity index (χ0v) is 15.8. The van der Waals surface area contributed by atoms with Gasteiger partial charge in [-0.25, -0.2) is 14.7 Å². The summed E-state index contributed by atoms with van der Waals surface area (Å²) in [5.74, 6) is -0.542. The molecule has 2 aromatic rings. The van der Waals surface area contributed by atoms with Gasteiger partial charge in [-0.15, -0.1) is 0 Å². The summed E-state index contributed by atoms with van der Waals surface area (Å²) < 4.78 is 1.79. The van der Waals surface area contributed by atoms with Gasteiger partial charge in [-0.05, 0) is 44.9 Å². The molecule has 0 saturated carbocycles. The summed E-state index contributed by atoms with van der Waals surface area (Å²) in [5.41, 5.74) is 1.02. The van der Waals surface area contributed by atoms with Crippen molar-refractivity contribution in [1.29, 1.82) is 0 Å². The van der Waals surface area contributed by atoms with E-state index in [4.69, 9.17) is 0 Å². The number of anilines is 1. The van der Waals surface area contributed by atoms with Gasteiger partial charge in [0.15, 0.2) is 0 Å². The topological polar surface area (TPSA) is 87.5 Å². The number of nitrogens with zero attached hydrogens (tertiary/aromatic N) is 4. The first-order chi connectivity index (χ1) is 13.5. The number of benzene rings is 1. The van der Waals surface area contributed by atoms with Gasteiger partial charge in [-0.3, -0.25) is 9.59 Å². The van der Waals surface area contributed by atoms with Crippen molar-refractivity contribution in [3.8, 4) is 0 Å². The van der Waals surface area contributed by atoms with Crippen LogP contribution in [0.2, 0.25) is 0 Å². The number of hydrogen-bond acceptors (Lipinski definition) is 5. The summed E-state index contributed by atoms with van der Waals surface area (Å²) in [7, 11) is 2.18. The van der Waals surface area contributed by atoms with Crippen LogP contribution in [-0.4, -0.2) is 52.1 Å². The number of carbonyl (C=O) groups is 2. The highest BCUT2D eigenvalue weighted by Crippen LogP contribution is 2.38. The average Bonchev–Trinajstić information content (AvgIpc) is 3.00. The molecule has 3 aliphatic heterocycles. The van der Waals surface area contributed by atoms with E-state index in [9.17, 15) is 14.4 Å². The van der Waals surface area contributed by atoms with E-state index in [0.717, 1.165) is 36.1 Å². The second kappa shape index (κ2) is 6.41. The number of imide groups is 1. The Bertz CT molecular complexity index is 1000. The molecule has 3 fully saturated rings. The Labute approximate surface area is 162 Å². The van der Waals surface area contributed by atoms with Crippen LogP contribution in [-0.2, 0) is 4.79 Å². The van der Waals surface area contributed by atoms with Crippen molar-refractivity contribution < 1.29 is 9.59 Å². The molecule has 146 valence electrons. The Kier molecular flexibility index (Phi) is 3.97. The van der Waals surface area contributed by atoms with Crippen molar-refractivity contribution >= 4 is 28.8 Å². The van der Waals surface area contributed by atoms with E-state index in [0.29, 0.717) is 17.6 Å². The number of piperidine rings is 2. The highest BCUT2D eigenvalue weighted by Gasteiger charge is 2.39. The minimum absolute atomic E-state index is 0.0337. The van der Waals surface area contributed by atoms with Gasteiger partial charge in [0, 0.05) is 18.1 Å². The maximum Gasteiger partial charge on any atom is 0.330 e. The molecule has 1 aromatic carbocycles.